The van der Waals surface area contributed by atoms with Crippen molar-refractivity contribution in [3.8, 4) is 11.4 Å². The molecule has 4 rings (SSSR count). The van der Waals surface area contributed by atoms with Gasteiger partial charge in [-0.15, -0.1) is 0 Å². The molecule has 1 N–H and O–H groups in total. The number of pyridine rings is 1. The highest BCUT2D eigenvalue weighted by Crippen LogP contribution is 2.17. The van der Waals surface area contributed by atoms with Gasteiger partial charge in [-0.3, -0.25) is 14.3 Å². The van der Waals surface area contributed by atoms with Crippen LogP contribution in [0.15, 0.2) is 77.9 Å². The zero-order valence-corrected chi connectivity index (χ0v) is 13.8. The zero-order chi connectivity index (χ0) is 17.9. The molecule has 2 aromatic carbocycles. The monoisotopic (exact) mass is 341 g/mol. The van der Waals surface area contributed by atoms with Crippen molar-refractivity contribution >= 4 is 23.1 Å². The van der Waals surface area contributed by atoms with E-state index in [0.29, 0.717) is 22.4 Å². The lowest BCUT2D eigenvalue weighted by molar-refractivity contribution is 0.475. The first-order valence-electron chi connectivity index (χ1n) is 8.12. The van der Waals surface area contributed by atoms with Crippen LogP contribution in [0.25, 0.3) is 28.7 Å². The molecule has 26 heavy (non-hydrogen) atoms. The topological polar surface area (TPSA) is 68.0 Å². The van der Waals surface area contributed by atoms with Crippen LogP contribution in [0.4, 0.5) is 0 Å². The Balaban J connectivity index is 1.95. The molecule has 0 unspecified atom stereocenters. The van der Waals surface area contributed by atoms with Crippen molar-refractivity contribution in [3.05, 3.63) is 94.8 Å². The van der Waals surface area contributed by atoms with Crippen LogP contribution in [0.2, 0.25) is 0 Å². The van der Waals surface area contributed by atoms with Crippen LogP contribution in [-0.4, -0.2) is 19.6 Å². The van der Waals surface area contributed by atoms with E-state index in [0.717, 1.165) is 5.56 Å². The van der Waals surface area contributed by atoms with Crippen LogP contribution in [0.1, 0.15) is 11.4 Å². The summed E-state index contributed by atoms with van der Waals surface area (Å²) >= 11 is 0. The second-order valence-corrected chi connectivity index (χ2v) is 5.76. The van der Waals surface area contributed by atoms with E-state index in [-0.39, 0.29) is 11.3 Å². The quantitative estimate of drug-likeness (QED) is 0.617. The number of phenols is 1. The lowest BCUT2D eigenvalue weighted by Gasteiger charge is -2.11. The Morgan fingerprint density at radius 1 is 0.923 bits per heavy atom. The number of para-hydroxylation sites is 1. The molecular weight excluding hydrogens is 326 g/mol. The first-order chi connectivity index (χ1) is 12.7. The highest BCUT2D eigenvalue weighted by Gasteiger charge is 2.10. The molecule has 0 bridgehead atoms. The van der Waals surface area contributed by atoms with Gasteiger partial charge in [-0.2, -0.15) is 0 Å². The predicted octanol–water partition coefficient (Wildman–Crippen LogP) is 3.66. The van der Waals surface area contributed by atoms with E-state index < -0.39 is 0 Å². The fraction of sp³-hybridized carbons (Fsp3) is 0. The van der Waals surface area contributed by atoms with E-state index in [9.17, 15) is 9.90 Å². The first-order valence-corrected chi connectivity index (χ1v) is 8.12. The standard InChI is InChI=1S/C21H15N3O2/c25-17-10-8-16(9-11-17)24-20(12-7-15-4-3-13-22-14-15)23-19-6-2-1-5-18(19)21(24)26/h1-14,25H/b12-7+. The molecular formula is C21H15N3O2. The van der Waals surface area contributed by atoms with E-state index in [1.807, 2.05) is 36.4 Å². The van der Waals surface area contributed by atoms with Gasteiger partial charge in [0.15, 0.2) is 0 Å². The van der Waals surface area contributed by atoms with Crippen molar-refractivity contribution in [1.82, 2.24) is 14.5 Å². The van der Waals surface area contributed by atoms with E-state index in [1.165, 1.54) is 4.57 Å². The highest BCUT2D eigenvalue weighted by atomic mass is 16.3. The Morgan fingerprint density at radius 3 is 2.50 bits per heavy atom. The summed E-state index contributed by atoms with van der Waals surface area (Å²) in [4.78, 5) is 21.8. The molecule has 2 heterocycles. The number of aromatic nitrogens is 3. The molecule has 0 spiro atoms. The predicted molar refractivity (Wildman–Crippen MR) is 102 cm³/mol. The maximum atomic E-state index is 13.1. The molecule has 0 amide bonds. The average molecular weight is 341 g/mol. The third-order valence-electron chi connectivity index (χ3n) is 4.02. The van der Waals surface area contributed by atoms with Crippen molar-refractivity contribution in [2.45, 2.75) is 0 Å². The van der Waals surface area contributed by atoms with Gasteiger partial charge in [0.05, 0.1) is 16.6 Å². The normalized spacial score (nSPS) is 11.2. The smallest absolute Gasteiger partial charge is 0.266 e. The van der Waals surface area contributed by atoms with Gasteiger partial charge in [-0.25, -0.2) is 4.98 Å². The summed E-state index contributed by atoms with van der Waals surface area (Å²) in [6.07, 6.45) is 7.09. The number of benzene rings is 2. The molecule has 0 fully saturated rings. The zero-order valence-electron chi connectivity index (χ0n) is 13.8. The van der Waals surface area contributed by atoms with Crippen molar-refractivity contribution in [2.24, 2.45) is 0 Å². The van der Waals surface area contributed by atoms with E-state index in [4.69, 9.17) is 0 Å². The molecule has 0 radical (unpaired) electrons. The summed E-state index contributed by atoms with van der Waals surface area (Å²) in [5.41, 5.74) is 2.02. The molecule has 0 atom stereocenters. The van der Waals surface area contributed by atoms with Crippen LogP contribution in [-0.2, 0) is 0 Å². The SMILES string of the molecule is O=c1c2ccccc2nc(/C=C/c2cccnc2)n1-c1ccc(O)cc1. The Labute approximate surface area is 149 Å². The minimum absolute atomic E-state index is 0.142. The maximum Gasteiger partial charge on any atom is 0.266 e. The summed E-state index contributed by atoms with van der Waals surface area (Å²) in [5, 5.41) is 10.1. The van der Waals surface area contributed by atoms with E-state index in [1.54, 1.807) is 48.8 Å². The van der Waals surface area contributed by atoms with Crippen LogP contribution < -0.4 is 5.56 Å². The third kappa shape index (κ3) is 2.98. The van der Waals surface area contributed by atoms with Crippen molar-refractivity contribution < 1.29 is 5.11 Å². The summed E-state index contributed by atoms with van der Waals surface area (Å²) in [7, 11) is 0. The number of hydrogen-bond donors (Lipinski definition) is 1. The lowest BCUT2D eigenvalue weighted by atomic mass is 10.2. The molecule has 126 valence electrons. The summed E-state index contributed by atoms with van der Waals surface area (Å²) in [6.45, 7) is 0. The van der Waals surface area contributed by atoms with Crippen LogP contribution in [0, 0.1) is 0 Å². The molecule has 0 saturated carbocycles. The molecule has 5 nitrogen and oxygen atoms in total. The van der Waals surface area contributed by atoms with Gasteiger partial charge < -0.3 is 5.11 Å². The van der Waals surface area contributed by atoms with Gasteiger partial charge in [0.25, 0.3) is 5.56 Å². The minimum atomic E-state index is -0.160. The number of nitrogens with zero attached hydrogens (tertiary/aromatic N) is 3. The summed E-state index contributed by atoms with van der Waals surface area (Å²) in [5.74, 6) is 0.645. The molecule has 0 saturated heterocycles. The van der Waals surface area contributed by atoms with Gasteiger partial charge in [0.1, 0.15) is 11.6 Å². The van der Waals surface area contributed by atoms with Gasteiger partial charge in [0.2, 0.25) is 0 Å². The molecule has 4 aromatic rings. The molecule has 2 aromatic heterocycles. The second-order valence-electron chi connectivity index (χ2n) is 5.76. The average Bonchev–Trinajstić information content (AvgIpc) is 2.68. The lowest BCUT2D eigenvalue weighted by Crippen LogP contribution is -2.22. The van der Waals surface area contributed by atoms with Crippen molar-refractivity contribution in [2.75, 3.05) is 0 Å². The molecule has 5 heteroatoms. The highest BCUT2D eigenvalue weighted by molar-refractivity contribution is 5.80. The number of phenolic OH excluding ortho intramolecular Hbond substituents is 1. The maximum absolute atomic E-state index is 13.1. The summed E-state index contributed by atoms with van der Waals surface area (Å²) < 4.78 is 1.54. The Bertz CT molecular complexity index is 1150. The first kappa shape index (κ1) is 15.8. The van der Waals surface area contributed by atoms with Gasteiger partial charge in [0, 0.05) is 12.4 Å². The van der Waals surface area contributed by atoms with Crippen molar-refractivity contribution in [3.63, 3.8) is 0 Å². The van der Waals surface area contributed by atoms with Gasteiger partial charge in [-0.05, 0) is 60.2 Å². The van der Waals surface area contributed by atoms with Crippen LogP contribution in [0.3, 0.4) is 0 Å². The molecule has 0 aliphatic rings. The molecule has 0 aliphatic carbocycles. The second kappa shape index (κ2) is 6.64. The number of fused-ring (bicyclic) bond motifs is 1. The Kier molecular flexibility index (Phi) is 4.03. The number of hydrogen-bond acceptors (Lipinski definition) is 4. The summed E-state index contributed by atoms with van der Waals surface area (Å²) in [6, 6.07) is 17.5. The van der Waals surface area contributed by atoms with E-state index in [2.05, 4.69) is 9.97 Å². The van der Waals surface area contributed by atoms with Crippen molar-refractivity contribution in [1.29, 1.82) is 0 Å². The van der Waals surface area contributed by atoms with Gasteiger partial charge in [-0.1, -0.05) is 18.2 Å². The Hall–Kier alpha value is -3.73. The fourth-order valence-corrected chi connectivity index (χ4v) is 2.76. The number of rotatable bonds is 3. The largest absolute Gasteiger partial charge is 0.508 e. The van der Waals surface area contributed by atoms with Crippen LogP contribution >= 0.6 is 0 Å². The minimum Gasteiger partial charge on any atom is -0.508 e. The third-order valence-corrected chi connectivity index (χ3v) is 4.02. The molecule has 0 aliphatic heterocycles. The fourth-order valence-electron chi connectivity index (χ4n) is 2.76. The van der Waals surface area contributed by atoms with Crippen LogP contribution in [0.5, 0.6) is 5.75 Å². The number of aromatic hydroxyl groups is 1. The van der Waals surface area contributed by atoms with E-state index >= 15 is 0 Å². The Morgan fingerprint density at radius 2 is 1.73 bits per heavy atom. The van der Waals surface area contributed by atoms with Gasteiger partial charge >= 0.3 is 0 Å².